The Kier molecular flexibility index (Phi) is 6.55. The van der Waals surface area contributed by atoms with Crippen LogP contribution >= 0.6 is 15.9 Å². The first kappa shape index (κ1) is 19.1. The summed E-state index contributed by atoms with van der Waals surface area (Å²) in [6, 6.07) is 5.71. The number of rotatable bonds is 4. The van der Waals surface area contributed by atoms with Crippen molar-refractivity contribution < 1.29 is 14.3 Å². The Labute approximate surface area is 153 Å². The van der Waals surface area contributed by atoms with Crippen molar-refractivity contribution in [1.29, 1.82) is 0 Å². The predicted octanol–water partition coefficient (Wildman–Crippen LogP) is 5.78. The van der Waals surface area contributed by atoms with Crippen LogP contribution in [0.1, 0.15) is 52.9 Å². The van der Waals surface area contributed by atoms with Crippen LogP contribution in [-0.2, 0) is 4.74 Å². The van der Waals surface area contributed by atoms with Gasteiger partial charge >= 0.3 is 6.09 Å². The highest BCUT2D eigenvalue weighted by Crippen LogP contribution is 2.31. The molecule has 5 heteroatoms. The largest absolute Gasteiger partial charge is 0.497 e. The number of amides is 1. The number of nitrogens with zero attached hydrogens (tertiary/aromatic N) is 1. The normalized spacial score (nSPS) is 15.9. The third kappa shape index (κ3) is 5.69. The van der Waals surface area contributed by atoms with E-state index in [2.05, 4.69) is 15.9 Å². The Balaban J connectivity index is 2.27. The summed E-state index contributed by atoms with van der Waals surface area (Å²) in [5.41, 5.74) is 0.291. The topological polar surface area (TPSA) is 38.8 Å². The van der Waals surface area contributed by atoms with E-state index in [1.54, 1.807) is 12.0 Å². The molecule has 4 nitrogen and oxygen atoms in total. The summed E-state index contributed by atoms with van der Waals surface area (Å²) >= 11 is 3.50. The number of hydrogen-bond acceptors (Lipinski definition) is 3. The lowest BCUT2D eigenvalue weighted by Gasteiger charge is -2.32. The highest BCUT2D eigenvalue weighted by Gasteiger charge is 2.27. The van der Waals surface area contributed by atoms with Crippen molar-refractivity contribution in [1.82, 2.24) is 0 Å². The molecular formula is C19H28BrNO3. The van der Waals surface area contributed by atoms with Gasteiger partial charge in [0.25, 0.3) is 0 Å². The number of halogens is 1. The molecule has 0 heterocycles. The van der Waals surface area contributed by atoms with E-state index in [4.69, 9.17) is 9.47 Å². The molecule has 0 spiro atoms. The van der Waals surface area contributed by atoms with Gasteiger partial charge in [-0.3, -0.25) is 4.90 Å². The number of anilines is 1. The summed E-state index contributed by atoms with van der Waals surface area (Å²) in [5, 5.41) is 0. The Bertz CT molecular complexity index is 562. The van der Waals surface area contributed by atoms with E-state index in [9.17, 15) is 4.79 Å². The number of carbonyl (C=O) groups is 1. The van der Waals surface area contributed by atoms with E-state index in [1.165, 1.54) is 32.1 Å². The quantitative estimate of drug-likeness (QED) is 0.645. The molecule has 0 unspecified atom stereocenters. The van der Waals surface area contributed by atoms with Gasteiger partial charge in [-0.05, 0) is 51.7 Å². The van der Waals surface area contributed by atoms with Crippen molar-refractivity contribution in [3.05, 3.63) is 22.7 Å². The Hall–Kier alpha value is -1.23. The SMILES string of the molecule is COc1cc(Br)cc(N(CC2CCCCC2)C(=O)OC(C)(C)C)c1. The molecule has 0 aliphatic heterocycles. The lowest BCUT2D eigenvalue weighted by molar-refractivity contribution is 0.0572. The zero-order valence-corrected chi connectivity index (χ0v) is 16.7. The number of hydrogen-bond donors (Lipinski definition) is 0. The van der Waals surface area contributed by atoms with Crippen LogP contribution in [0.3, 0.4) is 0 Å². The molecular weight excluding hydrogens is 370 g/mol. The maximum Gasteiger partial charge on any atom is 0.414 e. The molecule has 1 amide bonds. The highest BCUT2D eigenvalue weighted by molar-refractivity contribution is 9.10. The molecule has 1 aliphatic carbocycles. The van der Waals surface area contributed by atoms with Crippen molar-refractivity contribution in [3.8, 4) is 5.75 Å². The van der Waals surface area contributed by atoms with Gasteiger partial charge < -0.3 is 9.47 Å². The van der Waals surface area contributed by atoms with Crippen LogP contribution in [0.4, 0.5) is 10.5 Å². The third-order valence-corrected chi connectivity index (χ3v) is 4.64. The average molecular weight is 398 g/mol. The standard InChI is InChI=1S/C19H28BrNO3/c1-19(2,3)24-18(22)21(13-14-8-6-5-7-9-14)16-10-15(20)11-17(12-16)23-4/h10-12,14H,5-9,13H2,1-4H3. The van der Waals surface area contributed by atoms with Crippen molar-refractivity contribution in [3.63, 3.8) is 0 Å². The molecule has 0 bridgehead atoms. The van der Waals surface area contributed by atoms with Gasteiger partial charge in [-0.1, -0.05) is 35.2 Å². The first-order valence-electron chi connectivity index (χ1n) is 8.63. The molecule has 1 aromatic rings. The van der Waals surface area contributed by atoms with E-state index in [0.717, 1.165) is 15.9 Å². The van der Waals surface area contributed by atoms with Gasteiger partial charge in [-0.15, -0.1) is 0 Å². The van der Waals surface area contributed by atoms with Crippen molar-refractivity contribution in [2.24, 2.45) is 5.92 Å². The fraction of sp³-hybridized carbons (Fsp3) is 0.632. The molecule has 1 aliphatic rings. The number of ether oxygens (including phenoxy) is 2. The van der Waals surface area contributed by atoms with Gasteiger partial charge in [0.1, 0.15) is 11.4 Å². The summed E-state index contributed by atoms with van der Waals surface area (Å²) < 4.78 is 11.9. The second kappa shape index (κ2) is 8.24. The second-order valence-electron chi connectivity index (χ2n) is 7.44. The van der Waals surface area contributed by atoms with Crippen molar-refractivity contribution in [2.45, 2.75) is 58.5 Å². The smallest absolute Gasteiger partial charge is 0.414 e. The van der Waals surface area contributed by atoms with E-state index in [-0.39, 0.29) is 6.09 Å². The Morgan fingerprint density at radius 1 is 1.21 bits per heavy atom. The van der Waals surface area contributed by atoms with Gasteiger partial charge in [0.15, 0.2) is 0 Å². The van der Waals surface area contributed by atoms with Gasteiger partial charge in [0.2, 0.25) is 0 Å². The van der Waals surface area contributed by atoms with Gasteiger partial charge in [-0.25, -0.2) is 4.79 Å². The van der Waals surface area contributed by atoms with Gasteiger partial charge in [-0.2, -0.15) is 0 Å². The first-order valence-corrected chi connectivity index (χ1v) is 9.43. The molecule has 0 radical (unpaired) electrons. The number of benzene rings is 1. The Morgan fingerprint density at radius 3 is 2.46 bits per heavy atom. The maximum atomic E-state index is 12.8. The average Bonchev–Trinajstić information content (AvgIpc) is 2.51. The van der Waals surface area contributed by atoms with E-state index in [1.807, 2.05) is 39.0 Å². The third-order valence-electron chi connectivity index (χ3n) is 4.18. The second-order valence-corrected chi connectivity index (χ2v) is 8.36. The van der Waals surface area contributed by atoms with Crippen LogP contribution in [0.25, 0.3) is 0 Å². The molecule has 0 aromatic heterocycles. The van der Waals surface area contributed by atoms with Gasteiger partial charge in [0, 0.05) is 17.1 Å². The summed E-state index contributed by atoms with van der Waals surface area (Å²) in [6.45, 7) is 6.37. The minimum atomic E-state index is -0.516. The maximum absolute atomic E-state index is 12.8. The zero-order chi connectivity index (χ0) is 17.7. The first-order chi connectivity index (χ1) is 11.3. The molecule has 134 valence electrons. The minimum absolute atomic E-state index is 0.298. The molecule has 0 atom stereocenters. The summed E-state index contributed by atoms with van der Waals surface area (Å²) in [7, 11) is 1.63. The monoisotopic (exact) mass is 397 g/mol. The predicted molar refractivity (Wildman–Crippen MR) is 101 cm³/mol. The molecule has 0 N–H and O–H groups in total. The van der Waals surface area contributed by atoms with Crippen LogP contribution < -0.4 is 9.64 Å². The van der Waals surface area contributed by atoms with E-state index >= 15 is 0 Å². The van der Waals surface area contributed by atoms with Crippen LogP contribution in [0, 0.1) is 5.92 Å². The molecule has 1 aromatic carbocycles. The van der Waals surface area contributed by atoms with Crippen molar-refractivity contribution in [2.75, 3.05) is 18.6 Å². The lowest BCUT2D eigenvalue weighted by Crippen LogP contribution is -2.40. The summed E-state index contributed by atoms with van der Waals surface area (Å²) in [4.78, 5) is 14.5. The number of carbonyl (C=O) groups excluding carboxylic acids is 1. The minimum Gasteiger partial charge on any atom is -0.497 e. The van der Waals surface area contributed by atoms with Crippen LogP contribution in [0.2, 0.25) is 0 Å². The van der Waals surface area contributed by atoms with E-state index in [0.29, 0.717) is 12.5 Å². The molecule has 0 saturated heterocycles. The number of methoxy groups -OCH3 is 1. The summed E-state index contributed by atoms with van der Waals surface area (Å²) in [6.07, 6.45) is 5.83. The van der Waals surface area contributed by atoms with Crippen LogP contribution in [0.5, 0.6) is 5.75 Å². The Morgan fingerprint density at radius 2 is 1.88 bits per heavy atom. The molecule has 1 fully saturated rings. The van der Waals surface area contributed by atoms with E-state index < -0.39 is 5.60 Å². The fourth-order valence-corrected chi connectivity index (χ4v) is 3.51. The molecule has 2 rings (SSSR count). The van der Waals surface area contributed by atoms with Gasteiger partial charge in [0.05, 0.1) is 12.8 Å². The zero-order valence-electron chi connectivity index (χ0n) is 15.1. The van der Waals surface area contributed by atoms with Crippen LogP contribution in [0.15, 0.2) is 22.7 Å². The molecule has 24 heavy (non-hydrogen) atoms. The van der Waals surface area contributed by atoms with Crippen LogP contribution in [-0.4, -0.2) is 25.3 Å². The fourth-order valence-electron chi connectivity index (χ4n) is 3.05. The summed E-state index contributed by atoms with van der Waals surface area (Å²) in [5.74, 6) is 1.24. The van der Waals surface area contributed by atoms with Crippen molar-refractivity contribution >= 4 is 27.7 Å². The molecule has 1 saturated carbocycles. The highest BCUT2D eigenvalue weighted by atomic mass is 79.9. The lowest BCUT2D eigenvalue weighted by atomic mass is 9.89.